The van der Waals surface area contributed by atoms with Crippen molar-refractivity contribution in [3.8, 4) is 0 Å². The minimum atomic E-state index is -0.131. The van der Waals surface area contributed by atoms with Gasteiger partial charge in [-0.1, -0.05) is 19.8 Å². The number of ether oxygens (including phenoxy) is 1. The van der Waals surface area contributed by atoms with Gasteiger partial charge in [0.15, 0.2) is 0 Å². The van der Waals surface area contributed by atoms with Crippen molar-refractivity contribution in [1.82, 2.24) is 5.32 Å². The summed E-state index contributed by atoms with van der Waals surface area (Å²) in [7, 11) is 0. The summed E-state index contributed by atoms with van der Waals surface area (Å²) < 4.78 is 5.20. The summed E-state index contributed by atoms with van der Waals surface area (Å²) in [6.07, 6.45) is 4.39. The van der Waals surface area contributed by atoms with Crippen LogP contribution < -0.4 is 5.32 Å². The van der Waals surface area contributed by atoms with Gasteiger partial charge in [-0.25, -0.2) is 0 Å². The Balaban J connectivity index is 1.73. The van der Waals surface area contributed by atoms with Gasteiger partial charge in [-0.05, 0) is 12.8 Å². The molecule has 0 unspecified atom stereocenters. The summed E-state index contributed by atoms with van der Waals surface area (Å²) in [5, 5.41) is 13.2. The molecule has 0 spiro atoms. The molecule has 82 valence electrons. The first-order chi connectivity index (χ1) is 6.70. The van der Waals surface area contributed by atoms with Crippen molar-refractivity contribution in [3.63, 3.8) is 0 Å². The van der Waals surface area contributed by atoms with E-state index in [1.807, 2.05) is 0 Å². The van der Waals surface area contributed by atoms with E-state index < -0.39 is 0 Å². The zero-order valence-corrected chi connectivity index (χ0v) is 8.96. The van der Waals surface area contributed by atoms with Crippen LogP contribution in [0.5, 0.6) is 0 Å². The molecule has 1 heterocycles. The fraction of sp³-hybridized carbons (Fsp3) is 1.00. The van der Waals surface area contributed by atoms with Crippen molar-refractivity contribution in [2.45, 2.75) is 44.8 Å². The average Bonchev–Trinajstić information content (AvgIpc) is 2.14. The Morgan fingerprint density at radius 2 is 2.07 bits per heavy atom. The molecular weight excluding hydrogens is 178 g/mol. The van der Waals surface area contributed by atoms with Gasteiger partial charge >= 0.3 is 0 Å². The van der Waals surface area contributed by atoms with Gasteiger partial charge in [0.1, 0.15) is 0 Å². The molecule has 1 saturated heterocycles. The zero-order valence-electron chi connectivity index (χ0n) is 8.96. The summed E-state index contributed by atoms with van der Waals surface area (Å²) >= 11 is 0. The largest absolute Gasteiger partial charge is 0.392 e. The van der Waals surface area contributed by atoms with Crippen LogP contribution in [0.15, 0.2) is 0 Å². The number of nitrogens with one attached hydrogen (secondary N) is 1. The molecule has 3 heteroatoms. The quantitative estimate of drug-likeness (QED) is 0.710. The Kier molecular flexibility index (Phi) is 3.10. The Labute approximate surface area is 85.8 Å². The second kappa shape index (κ2) is 4.17. The number of aliphatic hydroxyl groups is 1. The van der Waals surface area contributed by atoms with E-state index in [0.717, 1.165) is 32.6 Å². The number of hydrogen-bond acceptors (Lipinski definition) is 3. The third-order valence-corrected chi connectivity index (χ3v) is 3.42. The molecule has 0 aromatic rings. The smallest absolute Gasteiger partial charge is 0.0693 e. The van der Waals surface area contributed by atoms with Crippen LogP contribution in [0.1, 0.15) is 32.6 Å². The molecule has 0 bridgehead atoms. The first kappa shape index (κ1) is 10.4. The summed E-state index contributed by atoms with van der Waals surface area (Å²) in [5.41, 5.74) is 0.317. The Morgan fingerprint density at radius 3 is 2.64 bits per heavy atom. The molecule has 1 saturated carbocycles. The van der Waals surface area contributed by atoms with Crippen LogP contribution in [0.25, 0.3) is 0 Å². The maximum atomic E-state index is 9.76. The van der Waals surface area contributed by atoms with Crippen molar-refractivity contribution in [2.75, 3.05) is 19.8 Å². The van der Waals surface area contributed by atoms with Gasteiger partial charge < -0.3 is 15.2 Å². The van der Waals surface area contributed by atoms with E-state index >= 15 is 0 Å². The van der Waals surface area contributed by atoms with Crippen LogP contribution in [0, 0.1) is 5.41 Å². The normalized spacial score (nSPS) is 36.4. The van der Waals surface area contributed by atoms with E-state index in [-0.39, 0.29) is 6.10 Å². The molecule has 1 aliphatic heterocycles. The monoisotopic (exact) mass is 199 g/mol. The highest BCUT2D eigenvalue weighted by Crippen LogP contribution is 2.26. The first-order valence-electron chi connectivity index (χ1n) is 5.69. The lowest BCUT2D eigenvalue weighted by atomic mass is 9.86. The van der Waals surface area contributed by atoms with Crippen LogP contribution in [0.2, 0.25) is 0 Å². The van der Waals surface area contributed by atoms with Crippen LogP contribution in [-0.2, 0) is 4.74 Å². The van der Waals surface area contributed by atoms with Crippen molar-refractivity contribution in [1.29, 1.82) is 0 Å². The van der Waals surface area contributed by atoms with E-state index in [0.29, 0.717) is 11.5 Å². The zero-order chi connectivity index (χ0) is 10.0. The summed E-state index contributed by atoms with van der Waals surface area (Å²) in [6, 6.07) is 0.321. The Morgan fingerprint density at radius 1 is 1.36 bits per heavy atom. The topological polar surface area (TPSA) is 41.5 Å². The fourth-order valence-corrected chi connectivity index (χ4v) is 2.28. The van der Waals surface area contributed by atoms with Gasteiger partial charge in [0.25, 0.3) is 0 Å². The molecule has 2 N–H and O–H groups in total. The lowest BCUT2D eigenvalue weighted by Crippen LogP contribution is -2.52. The van der Waals surface area contributed by atoms with E-state index in [1.54, 1.807) is 0 Å². The van der Waals surface area contributed by atoms with Crippen LogP contribution in [-0.4, -0.2) is 37.0 Å². The van der Waals surface area contributed by atoms with E-state index in [1.165, 1.54) is 12.8 Å². The lowest BCUT2D eigenvalue weighted by molar-refractivity contribution is -0.102. The van der Waals surface area contributed by atoms with Gasteiger partial charge in [0.2, 0.25) is 0 Å². The Bertz CT molecular complexity index is 192. The molecule has 3 nitrogen and oxygen atoms in total. The standard InChI is InChI=1S/C11H21NO2/c1-11(7-14-8-11)6-12-9-4-2-3-5-10(9)13/h9-10,12-13H,2-8H2,1H3/t9-,10-/m0/s1. The number of aliphatic hydroxyl groups excluding tert-OH is 1. The van der Waals surface area contributed by atoms with Gasteiger partial charge in [-0.3, -0.25) is 0 Å². The van der Waals surface area contributed by atoms with E-state index in [9.17, 15) is 5.11 Å². The van der Waals surface area contributed by atoms with Crippen molar-refractivity contribution < 1.29 is 9.84 Å². The fourth-order valence-electron chi connectivity index (χ4n) is 2.28. The summed E-state index contributed by atoms with van der Waals surface area (Å²) in [6.45, 7) is 4.94. The van der Waals surface area contributed by atoms with Crippen LogP contribution >= 0.6 is 0 Å². The molecule has 0 amide bonds. The second-order valence-corrected chi connectivity index (χ2v) is 5.14. The summed E-state index contributed by atoms with van der Waals surface area (Å²) in [5.74, 6) is 0. The molecule has 2 aliphatic rings. The van der Waals surface area contributed by atoms with Crippen molar-refractivity contribution in [3.05, 3.63) is 0 Å². The molecule has 0 aromatic heterocycles. The van der Waals surface area contributed by atoms with Crippen molar-refractivity contribution in [2.24, 2.45) is 5.41 Å². The molecule has 14 heavy (non-hydrogen) atoms. The highest BCUT2D eigenvalue weighted by Gasteiger charge is 2.34. The minimum Gasteiger partial charge on any atom is -0.392 e. The molecule has 2 atom stereocenters. The first-order valence-corrected chi connectivity index (χ1v) is 5.69. The summed E-state index contributed by atoms with van der Waals surface area (Å²) in [4.78, 5) is 0. The van der Waals surface area contributed by atoms with Gasteiger partial charge in [-0.15, -0.1) is 0 Å². The predicted octanol–water partition coefficient (Wildman–Crippen LogP) is 0.916. The van der Waals surface area contributed by atoms with Gasteiger partial charge in [0.05, 0.1) is 19.3 Å². The minimum absolute atomic E-state index is 0.131. The van der Waals surface area contributed by atoms with Gasteiger partial charge in [-0.2, -0.15) is 0 Å². The van der Waals surface area contributed by atoms with Gasteiger partial charge in [0, 0.05) is 18.0 Å². The molecule has 0 aromatic carbocycles. The maximum Gasteiger partial charge on any atom is 0.0693 e. The second-order valence-electron chi connectivity index (χ2n) is 5.14. The average molecular weight is 199 g/mol. The molecule has 2 fully saturated rings. The highest BCUT2D eigenvalue weighted by molar-refractivity contribution is 4.87. The number of rotatable bonds is 3. The predicted molar refractivity (Wildman–Crippen MR) is 55.2 cm³/mol. The van der Waals surface area contributed by atoms with Crippen LogP contribution in [0.3, 0.4) is 0 Å². The maximum absolute atomic E-state index is 9.76. The Hall–Kier alpha value is -0.120. The van der Waals surface area contributed by atoms with Crippen LogP contribution in [0.4, 0.5) is 0 Å². The third kappa shape index (κ3) is 2.27. The molecule has 1 aliphatic carbocycles. The van der Waals surface area contributed by atoms with E-state index in [4.69, 9.17) is 4.74 Å². The number of hydrogen-bond donors (Lipinski definition) is 2. The molecule has 2 rings (SSSR count). The lowest BCUT2D eigenvalue weighted by Gasteiger charge is -2.40. The SMILES string of the molecule is CC1(CN[C@H]2CCCC[C@@H]2O)COC1. The highest BCUT2D eigenvalue weighted by atomic mass is 16.5. The molecular formula is C11H21NO2. The third-order valence-electron chi connectivity index (χ3n) is 3.42. The van der Waals surface area contributed by atoms with E-state index in [2.05, 4.69) is 12.2 Å². The van der Waals surface area contributed by atoms with Crippen molar-refractivity contribution >= 4 is 0 Å². The molecule has 0 radical (unpaired) electrons.